The first kappa shape index (κ1) is 25.2. The molecule has 0 spiro atoms. The molecule has 0 aliphatic heterocycles. The molecule has 12 heteroatoms. The van der Waals surface area contributed by atoms with Crippen LogP contribution < -0.4 is 5.32 Å². The number of rotatable bonds is 10. The molecular weight excluding hydrogens is 474 g/mol. The molecule has 0 saturated heterocycles. The molecule has 178 valence electrons. The van der Waals surface area contributed by atoms with Gasteiger partial charge in [-0.15, -0.1) is 16.8 Å². The van der Waals surface area contributed by atoms with Crippen LogP contribution in [0.5, 0.6) is 0 Å². The standard InChI is InChI=1S/C22H25N7O3S2/c1-5-11-29-19(14-34(31,32)17-9-7-15(3)8-10-17)26-27-22(29)33-18(6-2)21(30)25-20-16(12-23)13-24-28(20)4/h5,7-10,13,18H,1,6,11,14H2,2-4H3,(H,25,30). The van der Waals surface area contributed by atoms with Crippen LogP contribution in [0.25, 0.3) is 0 Å². The number of sulfone groups is 1. The predicted molar refractivity (Wildman–Crippen MR) is 129 cm³/mol. The molecule has 0 radical (unpaired) electrons. The molecule has 34 heavy (non-hydrogen) atoms. The van der Waals surface area contributed by atoms with Gasteiger partial charge in [-0.25, -0.2) is 8.42 Å². The maximum atomic E-state index is 12.9. The highest BCUT2D eigenvalue weighted by atomic mass is 32.2. The van der Waals surface area contributed by atoms with Gasteiger partial charge in [-0.05, 0) is 25.5 Å². The molecule has 0 aliphatic carbocycles. The Morgan fingerprint density at radius 2 is 2.03 bits per heavy atom. The Morgan fingerprint density at radius 1 is 1.32 bits per heavy atom. The van der Waals surface area contributed by atoms with E-state index in [0.717, 1.165) is 5.56 Å². The topological polar surface area (TPSA) is 136 Å². The molecule has 1 unspecified atom stereocenters. The second-order valence-electron chi connectivity index (χ2n) is 7.52. The van der Waals surface area contributed by atoms with Crippen molar-refractivity contribution in [2.75, 3.05) is 5.32 Å². The van der Waals surface area contributed by atoms with Gasteiger partial charge < -0.3 is 9.88 Å². The first-order chi connectivity index (χ1) is 16.2. The van der Waals surface area contributed by atoms with E-state index in [4.69, 9.17) is 0 Å². The van der Waals surface area contributed by atoms with Crippen LogP contribution in [0.1, 0.15) is 30.3 Å². The second kappa shape index (κ2) is 10.7. The zero-order valence-electron chi connectivity index (χ0n) is 19.1. The lowest BCUT2D eigenvalue weighted by Crippen LogP contribution is -2.26. The van der Waals surface area contributed by atoms with Crippen LogP contribution >= 0.6 is 11.8 Å². The van der Waals surface area contributed by atoms with E-state index in [1.807, 2.05) is 19.9 Å². The smallest absolute Gasteiger partial charge is 0.239 e. The third-order valence-electron chi connectivity index (χ3n) is 5.02. The Hall–Kier alpha value is -3.43. The van der Waals surface area contributed by atoms with Crippen molar-refractivity contribution in [3.8, 4) is 6.07 Å². The van der Waals surface area contributed by atoms with Gasteiger partial charge in [0, 0.05) is 13.6 Å². The molecule has 1 amide bonds. The van der Waals surface area contributed by atoms with E-state index in [1.54, 1.807) is 42.0 Å². The fourth-order valence-electron chi connectivity index (χ4n) is 3.14. The highest BCUT2D eigenvalue weighted by molar-refractivity contribution is 8.00. The zero-order valence-corrected chi connectivity index (χ0v) is 20.7. The number of hydrogen-bond acceptors (Lipinski definition) is 8. The monoisotopic (exact) mass is 499 g/mol. The predicted octanol–water partition coefficient (Wildman–Crippen LogP) is 2.86. The number of thioether (sulfide) groups is 1. The van der Waals surface area contributed by atoms with Gasteiger partial charge in [0.25, 0.3) is 0 Å². The van der Waals surface area contributed by atoms with Crippen LogP contribution in [0.4, 0.5) is 5.82 Å². The van der Waals surface area contributed by atoms with E-state index in [-0.39, 0.29) is 34.5 Å². The largest absolute Gasteiger partial charge is 0.309 e. The van der Waals surface area contributed by atoms with Crippen molar-refractivity contribution in [3.63, 3.8) is 0 Å². The highest BCUT2D eigenvalue weighted by Crippen LogP contribution is 2.27. The Labute approximate surface area is 202 Å². The molecule has 1 N–H and O–H groups in total. The molecule has 10 nitrogen and oxygen atoms in total. The number of amides is 1. The summed E-state index contributed by atoms with van der Waals surface area (Å²) in [6, 6.07) is 8.62. The van der Waals surface area contributed by atoms with Crippen LogP contribution in [-0.4, -0.2) is 44.1 Å². The van der Waals surface area contributed by atoms with E-state index in [9.17, 15) is 18.5 Å². The number of nitriles is 1. The van der Waals surface area contributed by atoms with Crippen LogP contribution in [-0.2, 0) is 34.0 Å². The quantitative estimate of drug-likeness (QED) is 0.332. The molecule has 2 heterocycles. The average molecular weight is 500 g/mol. The van der Waals surface area contributed by atoms with Crippen molar-refractivity contribution in [3.05, 3.63) is 60.1 Å². The Morgan fingerprint density at radius 3 is 2.65 bits per heavy atom. The number of nitrogens with one attached hydrogen (secondary N) is 1. The highest BCUT2D eigenvalue weighted by Gasteiger charge is 2.26. The number of benzene rings is 1. The molecule has 3 aromatic rings. The van der Waals surface area contributed by atoms with Crippen molar-refractivity contribution >= 4 is 33.3 Å². The molecule has 0 fully saturated rings. The molecule has 0 saturated carbocycles. The van der Waals surface area contributed by atoms with Crippen LogP contribution in [0, 0.1) is 18.3 Å². The number of carbonyl (C=O) groups is 1. The number of aromatic nitrogens is 5. The minimum atomic E-state index is -3.64. The third-order valence-corrected chi connectivity index (χ3v) is 7.99. The van der Waals surface area contributed by atoms with Crippen molar-refractivity contribution < 1.29 is 13.2 Å². The number of aryl methyl sites for hydroxylation is 2. The first-order valence-electron chi connectivity index (χ1n) is 10.4. The van der Waals surface area contributed by atoms with Gasteiger partial charge in [0.05, 0.1) is 16.3 Å². The molecule has 2 aromatic heterocycles. The molecular formula is C22H25N7O3S2. The van der Waals surface area contributed by atoms with E-state index < -0.39 is 15.1 Å². The van der Waals surface area contributed by atoms with Crippen molar-refractivity contribution in [1.82, 2.24) is 24.5 Å². The minimum absolute atomic E-state index is 0.204. The molecule has 1 atom stereocenters. The van der Waals surface area contributed by atoms with E-state index in [1.165, 1.54) is 22.6 Å². The Balaban J connectivity index is 1.83. The first-order valence-corrected chi connectivity index (χ1v) is 12.9. The van der Waals surface area contributed by atoms with Crippen molar-refractivity contribution in [2.24, 2.45) is 7.05 Å². The van der Waals surface area contributed by atoms with Gasteiger partial charge in [-0.2, -0.15) is 10.4 Å². The summed E-state index contributed by atoms with van der Waals surface area (Å²) in [5.74, 6) is -0.0868. The lowest BCUT2D eigenvalue weighted by molar-refractivity contribution is -0.115. The van der Waals surface area contributed by atoms with Gasteiger partial charge in [0.2, 0.25) is 5.91 Å². The fraction of sp³-hybridized carbons (Fsp3) is 0.318. The van der Waals surface area contributed by atoms with Gasteiger partial charge in [-0.3, -0.25) is 9.48 Å². The van der Waals surface area contributed by atoms with Crippen LogP contribution in [0.15, 0.2) is 53.2 Å². The van der Waals surface area contributed by atoms with E-state index >= 15 is 0 Å². The summed E-state index contributed by atoms with van der Waals surface area (Å²) in [5, 5.41) is 24.1. The normalized spacial score (nSPS) is 12.2. The summed E-state index contributed by atoms with van der Waals surface area (Å²) < 4.78 is 28.9. The zero-order chi connectivity index (χ0) is 24.9. The summed E-state index contributed by atoms with van der Waals surface area (Å²) >= 11 is 1.17. The van der Waals surface area contributed by atoms with Gasteiger partial charge >= 0.3 is 0 Å². The average Bonchev–Trinajstić information content (AvgIpc) is 3.34. The van der Waals surface area contributed by atoms with Gasteiger partial charge in [0.1, 0.15) is 29.0 Å². The maximum absolute atomic E-state index is 12.9. The molecule has 0 bridgehead atoms. The number of allylic oxidation sites excluding steroid dienone is 1. The van der Waals surface area contributed by atoms with E-state index in [2.05, 4.69) is 27.2 Å². The van der Waals surface area contributed by atoms with E-state index in [0.29, 0.717) is 17.4 Å². The fourth-order valence-corrected chi connectivity index (χ4v) is 5.39. The number of carbonyl (C=O) groups excluding carboxylic acids is 1. The molecule has 0 aliphatic rings. The maximum Gasteiger partial charge on any atom is 0.239 e. The summed E-state index contributed by atoms with van der Waals surface area (Å²) in [5.41, 5.74) is 1.22. The van der Waals surface area contributed by atoms with Crippen LogP contribution in [0.2, 0.25) is 0 Å². The number of anilines is 1. The Bertz CT molecular complexity index is 1340. The SMILES string of the molecule is C=CCn1c(CS(=O)(=O)c2ccc(C)cc2)nnc1SC(CC)C(=O)Nc1c(C#N)cnn1C. The Kier molecular flexibility index (Phi) is 7.90. The van der Waals surface area contributed by atoms with Gasteiger partial charge in [-0.1, -0.05) is 42.5 Å². The molecule has 3 rings (SSSR count). The lowest BCUT2D eigenvalue weighted by atomic mass is 10.2. The number of hydrogen-bond donors (Lipinski definition) is 1. The summed E-state index contributed by atoms with van der Waals surface area (Å²) in [7, 11) is -2.01. The summed E-state index contributed by atoms with van der Waals surface area (Å²) in [6.07, 6.45) is 3.46. The third kappa shape index (κ3) is 5.55. The van der Waals surface area contributed by atoms with Crippen molar-refractivity contribution in [1.29, 1.82) is 5.26 Å². The van der Waals surface area contributed by atoms with Crippen molar-refractivity contribution in [2.45, 2.75) is 47.9 Å². The van der Waals surface area contributed by atoms with Gasteiger partial charge in [0.15, 0.2) is 15.0 Å². The molecule has 1 aromatic carbocycles. The van der Waals surface area contributed by atoms with Crippen LogP contribution in [0.3, 0.4) is 0 Å². The lowest BCUT2D eigenvalue weighted by Gasteiger charge is -2.15. The summed E-state index contributed by atoms with van der Waals surface area (Å²) in [6.45, 7) is 7.76. The number of nitrogens with zero attached hydrogens (tertiary/aromatic N) is 6. The summed E-state index contributed by atoms with van der Waals surface area (Å²) in [4.78, 5) is 13.1. The minimum Gasteiger partial charge on any atom is -0.309 e. The second-order valence-corrected chi connectivity index (χ2v) is 10.7.